The first-order valence-electron chi connectivity index (χ1n) is 6.22. The van der Waals surface area contributed by atoms with Crippen LogP contribution in [0.2, 0.25) is 0 Å². The number of hydrogen-bond donors (Lipinski definition) is 3. The fourth-order valence-electron chi connectivity index (χ4n) is 1.99. The van der Waals surface area contributed by atoms with Crippen molar-refractivity contribution in [3.63, 3.8) is 0 Å². The highest BCUT2D eigenvalue weighted by molar-refractivity contribution is 5.78. The Morgan fingerprint density at radius 1 is 1.38 bits per heavy atom. The Balaban J connectivity index is 2.22. The van der Waals surface area contributed by atoms with Gasteiger partial charge in [0, 0.05) is 18.5 Å². The summed E-state index contributed by atoms with van der Waals surface area (Å²) in [5, 5.41) is 12.3. The van der Waals surface area contributed by atoms with Gasteiger partial charge in [0.05, 0.1) is 6.10 Å². The van der Waals surface area contributed by atoms with Crippen LogP contribution in [-0.2, 0) is 4.79 Å². The number of hydrogen-bond acceptors (Lipinski definition) is 3. The molecule has 1 aliphatic carbocycles. The van der Waals surface area contributed by atoms with Gasteiger partial charge < -0.3 is 16.2 Å². The van der Waals surface area contributed by atoms with Crippen LogP contribution in [0.25, 0.3) is 0 Å². The molecule has 4 N–H and O–H groups in total. The predicted molar refractivity (Wildman–Crippen MR) is 63.8 cm³/mol. The van der Waals surface area contributed by atoms with Crippen molar-refractivity contribution in [1.82, 2.24) is 5.32 Å². The van der Waals surface area contributed by atoms with Crippen molar-refractivity contribution in [3.05, 3.63) is 0 Å². The molecule has 0 radical (unpaired) electrons. The number of nitrogens with two attached hydrogens (primary N) is 1. The van der Waals surface area contributed by atoms with Crippen LogP contribution in [0.4, 0.5) is 0 Å². The maximum atomic E-state index is 11.7. The summed E-state index contributed by atoms with van der Waals surface area (Å²) in [7, 11) is 0. The van der Waals surface area contributed by atoms with E-state index in [1.54, 1.807) is 0 Å². The van der Waals surface area contributed by atoms with E-state index in [1.807, 2.05) is 13.8 Å². The van der Waals surface area contributed by atoms with E-state index < -0.39 is 0 Å². The summed E-state index contributed by atoms with van der Waals surface area (Å²) >= 11 is 0. The minimum atomic E-state index is -0.130. The number of rotatable bonds is 4. The molecular formula is C12H24N2O2. The Hall–Kier alpha value is -0.610. The lowest BCUT2D eigenvalue weighted by Gasteiger charge is -2.26. The van der Waals surface area contributed by atoms with E-state index in [9.17, 15) is 9.90 Å². The third-order valence-corrected chi connectivity index (χ3v) is 3.58. The Bertz CT molecular complexity index is 223. The summed E-state index contributed by atoms with van der Waals surface area (Å²) in [6.07, 6.45) is 3.62. The monoisotopic (exact) mass is 228 g/mol. The molecule has 1 aliphatic rings. The van der Waals surface area contributed by atoms with E-state index in [1.165, 1.54) is 0 Å². The van der Waals surface area contributed by atoms with Gasteiger partial charge in [-0.2, -0.15) is 0 Å². The van der Waals surface area contributed by atoms with Gasteiger partial charge in [-0.15, -0.1) is 0 Å². The van der Waals surface area contributed by atoms with Crippen molar-refractivity contribution in [2.75, 3.05) is 6.54 Å². The SMILES string of the molecule is CC(N)C(C)C(=O)NCC1CCC(O)CC1. The number of carbonyl (C=O) groups is 1. The van der Waals surface area contributed by atoms with E-state index >= 15 is 0 Å². The zero-order chi connectivity index (χ0) is 12.1. The Morgan fingerprint density at radius 2 is 1.94 bits per heavy atom. The molecule has 0 saturated heterocycles. The molecule has 16 heavy (non-hydrogen) atoms. The fraction of sp³-hybridized carbons (Fsp3) is 0.917. The lowest BCUT2D eigenvalue weighted by atomic mass is 9.87. The molecule has 1 amide bonds. The smallest absolute Gasteiger partial charge is 0.224 e. The van der Waals surface area contributed by atoms with Crippen LogP contribution in [0, 0.1) is 11.8 Å². The van der Waals surface area contributed by atoms with Gasteiger partial charge in [0.1, 0.15) is 0 Å². The van der Waals surface area contributed by atoms with Gasteiger partial charge in [-0.3, -0.25) is 4.79 Å². The molecule has 0 aromatic carbocycles. The summed E-state index contributed by atoms with van der Waals surface area (Å²) in [6.45, 7) is 4.43. The largest absolute Gasteiger partial charge is 0.393 e. The third kappa shape index (κ3) is 4.10. The fourth-order valence-corrected chi connectivity index (χ4v) is 1.99. The lowest BCUT2D eigenvalue weighted by molar-refractivity contribution is -0.125. The number of aliphatic hydroxyl groups is 1. The molecule has 1 saturated carbocycles. The highest BCUT2D eigenvalue weighted by Crippen LogP contribution is 2.23. The number of amides is 1. The van der Waals surface area contributed by atoms with Gasteiger partial charge >= 0.3 is 0 Å². The van der Waals surface area contributed by atoms with E-state index in [4.69, 9.17) is 5.73 Å². The summed E-state index contributed by atoms with van der Waals surface area (Å²) in [5.41, 5.74) is 5.67. The van der Waals surface area contributed by atoms with E-state index in [0.717, 1.165) is 32.2 Å². The third-order valence-electron chi connectivity index (χ3n) is 3.58. The van der Waals surface area contributed by atoms with Crippen molar-refractivity contribution in [2.45, 2.75) is 51.7 Å². The second-order valence-electron chi connectivity index (χ2n) is 5.07. The maximum absolute atomic E-state index is 11.7. The summed E-state index contributed by atoms with van der Waals surface area (Å²) in [6, 6.07) is -0.104. The average Bonchev–Trinajstić information content (AvgIpc) is 2.26. The normalized spacial score (nSPS) is 29.5. The number of carbonyl (C=O) groups excluding carboxylic acids is 1. The van der Waals surface area contributed by atoms with Crippen molar-refractivity contribution in [3.8, 4) is 0 Å². The molecule has 0 aromatic heterocycles. The summed E-state index contributed by atoms with van der Waals surface area (Å²) in [5.74, 6) is 0.433. The minimum Gasteiger partial charge on any atom is -0.393 e. The highest BCUT2D eigenvalue weighted by atomic mass is 16.3. The second kappa shape index (κ2) is 6.21. The molecule has 0 heterocycles. The number of nitrogens with one attached hydrogen (secondary N) is 1. The van der Waals surface area contributed by atoms with Gasteiger partial charge in [0.15, 0.2) is 0 Å². The first-order chi connectivity index (χ1) is 7.50. The molecule has 0 aromatic rings. The topological polar surface area (TPSA) is 75.4 Å². The Morgan fingerprint density at radius 3 is 2.44 bits per heavy atom. The predicted octanol–water partition coefficient (Wildman–Crippen LogP) is 0.637. The minimum absolute atomic E-state index is 0.0427. The van der Waals surface area contributed by atoms with Crippen molar-refractivity contribution >= 4 is 5.91 Å². The molecule has 2 atom stereocenters. The zero-order valence-corrected chi connectivity index (χ0v) is 10.3. The van der Waals surface area contributed by atoms with E-state index in [-0.39, 0.29) is 24.0 Å². The standard InChI is InChI=1S/C12H24N2O2/c1-8(9(2)13)12(16)14-7-10-3-5-11(15)6-4-10/h8-11,15H,3-7,13H2,1-2H3,(H,14,16). The van der Waals surface area contributed by atoms with E-state index in [0.29, 0.717) is 5.92 Å². The molecule has 4 nitrogen and oxygen atoms in total. The quantitative estimate of drug-likeness (QED) is 0.661. The average molecular weight is 228 g/mol. The molecule has 94 valence electrons. The van der Waals surface area contributed by atoms with Crippen LogP contribution in [0.15, 0.2) is 0 Å². The van der Waals surface area contributed by atoms with Gasteiger partial charge in [0.2, 0.25) is 5.91 Å². The number of aliphatic hydroxyl groups excluding tert-OH is 1. The van der Waals surface area contributed by atoms with Crippen molar-refractivity contribution in [2.24, 2.45) is 17.6 Å². The maximum Gasteiger partial charge on any atom is 0.224 e. The first-order valence-corrected chi connectivity index (χ1v) is 6.22. The van der Waals surface area contributed by atoms with Crippen molar-refractivity contribution < 1.29 is 9.90 Å². The Labute approximate surface area is 97.6 Å². The van der Waals surface area contributed by atoms with Crippen LogP contribution in [-0.4, -0.2) is 29.7 Å². The highest BCUT2D eigenvalue weighted by Gasteiger charge is 2.21. The second-order valence-corrected chi connectivity index (χ2v) is 5.07. The van der Waals surface area contributed by atoms with Gasteiger partial charge in [-0.05, 0) is 38.5 Å². The summed E-state index contributed by atoms with van der Waals surface area (Å²) in [4.78, 5) is 11.7. The molecule has 0 aliphatic heterocycles. The molecular weight excluding hydrogens is 204 g/mol. The van der Waals surface area contributed by atoms with Gasteiger partial charge in [-0.1, -0.05) is 6.92 Å². The van der Waals surface area contributed by atoms with Crippen LogP contribution in [0.1, 0.15) is 39.5 Å². The molecule has 2 unspecified atom stereocenters. The molecule has 0 bridgehead atoms. The van der Waals surface area contributed by atoms with Crippen LogP contribution >= 0.6 is 0 Å². The Kier molecular flexibility index (Phi) is 5.22. The van der Waals surface area contributed by atoms with E-state index in [2.05, 4.69) is 5.32 Å². The van der Waals surface area contributed by atoms with Crippen LogP contribution < -0.4 is 11.1 Å². The summed E-state index contributed by atoms with van der Waals surface area (Å²) < 4.78 is 0. The van der Waals surface area contributed by atoms with Gasteiger partial charge in [-0.25, -0.2) is 0 Å². The molecule has 1 rings (SSSR count). The molecule has 1 fully saturated rings. The molecule has 0 spiro atoms. The lowest BCUT2D eigenvalue weighted by Crippen LogP contribution is -2.41. The van der Waals surface area contributed by atoms with Crippen LogP contribution in [0.3, 0.4) is 0 Å². The van der Waals surface area contributed by atoms with Gasteiger partial charge in [0.25, 0.3) is 0 Å². The van der Waals surface area contributed by atoms with Crippen LogP contribution in [0.5, 0.6) is 0 Å². The van der Waals surface area contributed by atoms with Crippen molar-refractivity contribution in [1.29, 1.82) is 0 Å². The molecule has 4 heteroatoms. The zero-order valence-electron chi connectivity index (χ0n) is 10.3. The first kappa shape index (κ1) is 13.5.